The van der Waals surface area contributed by atoms with Gasteiger partial charge in [0.1, 0.15) is 0 Å². The largest absolute Gasteiger partial charge is 0.339 e. The SMILES string of the molecule is O=C1CCCN1c1ccc(-c2noc(C3CC4CNCC3C4)n2)cc1. The third-order valence-corrected chi connectivity index (χ3v) is 5.90. The van der Waals surface area contributed by atoms with Crippen LogP contribution in [0.2, 0.25) is 0 Å². The molecular weight excluding hydrogens is 316 g/mol. The molecule has 3 atom stereocenters. The van der Waals surface area contributed by atoms with Crippen molar-refractivity contribution in [1.29, 1.82) is 0 Å². The fourth-order valence-corrected chi connectivity index (χ4v) is 4.62. The third kappa shape index (κ3) is 2.65. The molecule has 3 heterocycles. The van der Waals surface area contributed by atoms with Gasteiger partial charge < -0.3 is 14.7 Å². The van der Waals surface area contributed by atoms with Crippen molar-refractivity contribution in [2.45, 2.75) is 31.6 Å². The Morgan fingerprint density at radius 3 is 2.80 bits per heavy atom. The number of benzene rings is 1. The summed E-state index contributed by atoms with van der Waals surface area (Å²) in [6.45, 7) is 2.98. The summed E-state index contributed by atoms with van der Waals surface area (Å²) < 4.78 is 5.60. The van der Waals surface area contributed by atoms with Crippen LogP contribution < -0.4 is 10.2 Å². The molecule has 1 amide bonds. The van der Waals surface area contributed by atoms with Crippen molar-refractivity contribution in [2.75, 3.05) is 24.5 Å². The second-order valence-corrected chi connectivity index (χ2v) is 7.51. The molecule has 130 valence electrons. The van der Waals surface area contributed by atoms with Gasteiger partial charge in [-0.3, -0.25) is 4.79 Å². The maximum atomic E-state index is 11.9. The zero-order chi connectivity index (χ0) is 16.8. The first-order valence-corrected chi connectivity index (χ1v) is 9.23. The van der Waals surface area contributed by atoms with Crippen molar-refractivity contribution >= 4 is 11.6 Å². The molecule has 2 aromatic rings. The van der Waals surface area contributed by atoms with Crippen molar-refractivity contribution in [1.82, 2.24) is 15.5 Å². The van der Waals surface area contributed by atoms with Crippen LogP contribution in [-0.2, 0) is 4.79 Å². The van der Waals surface area contributed by atoms with E-state index in [9.17, 15) is 4.79 Å². The molecule has 5 rings (SSSR count). The van der Waals surface area contributed by atoms with Crippen molar-refractivity contribution in [3.8, 4) is 11.4 Å². The molecule has 25 heavy (non-hydrogen) atoms. The second kappa shape index (κ2) is 5.95. The lowest BCUT2D eigenvalue weighted by molar-refractivity contribution is -0.117. The Morgan fingerprint density at radius 1 is 1.16 bits per heavy atom. The number of nitrogens with one attached hydrogen (secondary N) is 1. The molecule has 2 bridgehead atoms. The summed E-state index contributed by atoms with van der Waals surface area (Å²) in [5.74, 6) is 3.39. The van der Waals surface area contributed by atoms with E-state index in [1.54, 1.807) is 0 Å². The number of piperidine rings is 1. The number of rotatable bonds is 3. The Hall–Kier alpha value is -2.21. The second-order valence-electron chi connectivity index (χ2n) is 7.51. The lowest BCUT2D eigenvalue weighted by atomic mass is 9.95. The minimum atomic E-state index is 0.204. The molecule has 6 nitrogen and oxygen atoms in total. The minimum absolute atomic E-state index is 0.204. The molecule has 1 saturated carbocycles. The zero-order valence-corrected chi connectivity index (χ0v) is 14.1. The van der Waals surface area contributed by atoms with Gasteiger partial charge in [-0.2, -0.15) is 4.98 Å². The van der Waals surface area contributed by atoms with Gasteiger partial charge >= 0.3 is 0 Å². The molecule has 1 aliphatic carbocycles. The van der Waals surface area contributed by atoms with Gasteiger partial charge in [0.05, 0.1) is 0 Å². The van der Waals surface area contributed by atoms with Crippen molar-refractivity contribution in [3.05, 3.63) is 30.2 Å². The van der Waals surface area contributed by atoms with E-state index < -0.39 is 0 Å². The molecule has 2 saturated heterocycles. The number of carbonyl (C=O) groups is 1. The molecule has 3 fully saturated rings. The van der Waals surface area contributed by atoms with E-state index in [1.165, 1.54) is 6.42 Å². The predicted molar refractivity (Wildman–Crippen MR) is 93.1 cm³/mol. The van der Waals surface area contributed by atoms with Gasteiger partial charge in [-0.25, -0.2) is 0 Å². The fraction of sp³-hybridized carbons (Fsp3) is 0.526. The number of aromatic nitrogens is 2. The number of nitrogens with zero attached hydrogens (tertiary/aromatic N) is 3. The first-order valence-electron chi connectivity index (χ1n) is 9.23. The van der Waals surface area contributed by atoms with E-state index in [1.807, 2.05) is 29.2 Å². The van der Waals surface area contributed by atoms with Gasteiger partial charge in [0.2, 0.25) is 17.6 Å². The van der Waals surface area contributed by atoms with Gasteiger partial charge in [-0.05, 0) is 68.5 Å². The average Bonchev–Trinajstić information content (AvgIpc) is 3.35. The molecule has 3 unspecified atom stereocenters. The average molecular weight is 338 g/mol. The fourth-order valence-electron chi connectivity index (χ4n) is 4.62. The van der Waals surface area contributed by atoms with Gasteiger partial charge in [-0.1, -0.05) is 5.16 Å². The highest BCUT2D eigenvalue weighted by atomic mass is 16.5. The van der Waals surface area contributed by atoms with Gasteiger partial charge in [0, 0.05) is 30.1 Å². The summed E-state index contributed by atoms with van der Waals surface area (Å²) in [5, 5.41) is 7.70. The maximum Gasteiger partial charge on any atom is 0.230 e. The molecule has 2 aliphatic heterocycles. The first-order chi connectivity index (χ1) is 12.3. The number of amides is 1. The molecule has 1 aromatic heterocycles. The number of fused-ring (bicyclic) bond motifs is 2. The van der Waals surface area contributed by atoms with Crippen LogP contribution in [0.25, 0.3) is 11.4 Å². The van der Waals surface area contributed by atoms with Gasteiger partial charge in [0.15, 0.2) is 0 Å². The van der Waals surface area contributed by atoms with Crippen molar-refractivity contribution in [3.63, 3.8) is 0 Å². The number of carbonyl (C=O) groups excluding carboxylic acids is 1. The highest BCUT2D eigenvalue weighted by Crippen LogP contribution is 2.44. The van der Waals surface area contributed by atoms with E-state index in [-0.39, 0.29) is 5.91 Å². The maximum absolute atomic E-state index is 11.9. The Labute approximate surface area is 146 Å². The quantitative estimate of drug-likeness (QED) is 0.931. The number of hydrogen-bond acceptors (Lipinski definition) is 5. The van der Waals surface area contributed by atoms with Gasteiger partial charge in [-0.15, -0.1) is 0 Å². The standard InChI is InChI=1S/C19H22N4O2/c24-17-2-1-7-23(17)15-5-3-13(4-6-15)18-21-19(25-22-18)16-9-12-8-14(16)11-20-10-12/h3-6,12,14,16,20H,1-2,7-11H2. The van der Waals surface area contributed by atoms with E-state index in [2.05, 4.69) is 15.5 Å². The lowest BCUT2D eigenvalue weighted by Crippen LogP contribution is -2.31. The summed E-state index contributed by atoms with van der Waals surface area (Å²) in [6, 6.07) is 7.90. The van der Waals surface area contributed by atoms with Crippen LogP contribution in [0.1, 0.15) is 37.5 Å². The van der Waals surface area contributed by atoms with Crippen LogP contribution in [-0.4, -0.2) is 35.7 Å². The van der Waals surface area contributed by atoms with Crippen LogP contribution in [0.5, 0.6) is 0 Å². The number of hydrogen-bond donors (Lipinski definition) is 1. The number of anilines is 1. The van der Waals surface area contributed by atoms with E-state index in [0.29, 0.717) is 24.1 Å². The molecular formula is C19H22N4O2. The van der Waals surface area contributed by atoms with Gasteiger partial charge in [0.25, 0.3) is 0 Å². The summed E-state index contributed by atoms with van der Waals surface area (Å²) in [6.07, 6.45) is 4.00. The van der Waals surface area contributed by atoms with Crippen LogP contribution in [0, 0.1) is 11.8 Å². The molecule has 1 N–H and O–H groups in total. The Balaban J connectivity index is 1.36. The first kappa shape index (κ1) is 15.1. The molecule has 0 radical (unpaired) electrons. The Morgan fingerprint density at radius 2 is 2.04 bits per heavy atom. The van der Waals surface area contributed by atoms with Crippen molar-refractivity contribution in [2.24, 2.45) is 11.8 Å². The normalized spacial score (nSPS) is 28.7. The Kier molecular flexibility index (Phi) is 3.59. The molecule has 1 aromatic carbocycles. The monoisotopic (exact) mass is 338 g/mol. The summed E-state index contributed by atoms with van der Waals surface area (Å²) in [4.78, 5) is 18.4. The lowest BCUT2D eigenvalue weighted by Gasteiger charge is -2.20. The van der Waals surface area contributed by atoms with E-state index in [0.717, 1.165) is 55.5 Å². The Bertz CT molecular complexity index is 785. The zero-order valence-electron chi connectivity index (χ0n) is 14.1. The topological polar surface area (TPSA) is 71.3 Å². The highest BCUT2D eigenvalue weighted by Gasteiger charge is 2.40. The van der Waals surface area contributed by atoms with Crippen LogP contribution in [0.3, 0.4) is 0 Å². The summed E-state index contributed by atoms with van der Waals surface area (Å²) >= 11 is 0. The molecule has 6 heteroatoms. The highest BCUT2D eigenvalue weighted by molar-refractivity contribution is 5.95. The summed E-state index contributed by atoms with van der Waals surface area (Å²) in [7, 11) is 0. The van der Waals surface area contributed by atoms with Crippen LogP contribution >= 0.6 is 0 Å². The third-order valence-electron chi connectivity index (χ3n) is 5.90. The van der Waals surface area contributed by atoms with Crippen LogP contribution in [0.15, 0.2) is 28.8 Å². The van der Waals surface area contributed by atoms with E-state index in [4.69, 9.17) is 4.52 Å². The minimum Gasteiger partial charge on any atom is -0.339 e. The van der Waals surface area contributed by atoms with E-state index >= 15 is 0 Å². The molecule has 0 spiro atoms. The summed E-state index contributed by atoms with van der Waals surface area (Å²) in [5.41, 5.74) is 1.88. The predicted octanol–water partition coefficient (Wildman–Crippen LogP) is 2.58. The van der Waals surface area contributed by atoms with Crippen LogP contribution in [0.4, 0.5) is 5.69 Å². The molecule has 3 aliphatic rings. The smallest absolute Gasteiger partial charge is 0.230 e. The van der Waals surface area contributed by atoms with Crippen molar-refractivity contribution < 1.29 is 9.32 Å².